The Morgan fingerprint density at radius 1 is 0.636 bits per heavy atom. The van der Waals surface area contributed by atoms with Crippen LogP contribution in [0.5, 0.6) is 0 Å². The minimum absolute atomic E-state index is 0. The van der Waals surface area contributed by atoms with Crippen LogP contribution in [0.3, 0.4) is 0 Å². The first-order valence-electron chi connectivity index (χ1n) is 11.0. The number of anilines is 2. The quantitative estimate of drug-likeness (QED) is 0.231. The van der Waals surface area contributed by atoms with Crippen molar-refractivity contribution in [2.24, 2.45) is 0 Å². The zero-order valence-electron chi connectivity index (χ0n) is 20.1. The molecule has 4 rings (SSSR count). The summed E-state index contributed by atoms with van der Waals surface area (Å²) in [6, 6.07) is 19.1. The second-order valence-corrected chi connectivity index (χ2v) is 14.5. The van der Waals surface area contributed by atoms with E-state index in [9.17, 15) is 0 Å². The summed E-state index contributed by atoms with van der Waals surface area (Å²) < 4.78 is 0. The molecule has 0 aliphatic carbocycles. The summed E-state index contributed by atoms with van der Waals surface area (Å²) in [5.74, 6) is 0. The van der Waals surface area contributed by atoms with E-state index in [2.05, 4.69) is 87.7 Å². The molecular weight excluding hydrogens is 555 g/mol. The van der Waals surface area contributed by atoms with Gasteiger partial charge in [0.2, 0.25) is 0 Å². The largest absolute Gasteiger partial charge is 0.323 e. The molecule has 0 unspecified atom stereocenters. The van der Waals surface area contributed by atoms with Gasteiger partial charge in [-0.3, -0.25) is 0 Å². The first-order chi connectivity index (χ1) is 15.1. The van der Waals surface area contributed by atoms with Crippen LogP contribution in [-0.4, -0.2) is 18.6 Å². The summed E-state index contributed by atoms with van der Waals surface area (Å²) in [7, 11) is 0. The van der Waals surface area contributed by atoms with Crippen molar-refractivity contribution >= 4 is 50.3 Å². The molecule has 0 saturated carbocycles. The molecule has 0 aromatic heterocycles. The molecule has 0 bridgehead atoms. The maximum atomic E-state index is 7.39. The molecule has 6 heteroatoms. The number of hydrogen-bond donors (Lipinski definition) is 0. The van der Waals surface area contributed by atoms with Crippen LogP contribution >= 0.6 is 28.1 Å². The van der Waals surface area contributed by atoms with Crippen LogP contribution in [0.15, 0.2) is 54.6 Å². The summed E-state index contributed by atoms with van der Waals surface area (Å²) in [5.41, 5.74) is 8.32. The topological polar surface area (TPSA) is 6.48 Å². The van der Waals surface area contributed by atoms with Gasteiger partial charge in [0.15, 0.2) is 0 Å². The molecule has 2 nitrogen and oxygen atoms in total. The van der Waals surface area contributed by atoms with Crippen molar-refractivity contribution in [1.29, 1.82) is 0 Å². The zero-order chi connectivity index (χ0) is 23.2. The van der Waals surface area contributed by atoms with Crippen LogP contribution in [0.1, 0.15) is 33.4 Å². The number of aryl methyl sites for hydroxylation is 6. The van der Waals surface area contributed by atoms with Crippen molar-refractivity contribution in [2.45, 2.75) is 41.5 Å². The molecule has 0 amide bonds. The predicted molar refractivity (Wildman–Crippen MR) is 146 cm³/mol. The van der Waals surface area contributed by atoms with Crippen LogP contribution in [0.4, 0.5) is 11.4 Å². The van der Waals surface area contributed by atoms with Gasteiger partial charge in [0, 0.05) is 49.2 Å². The van der Waals surface area contributed by atoms with Gasteiger partial charge in [-0.25, -0.2) is 0 Å². The molecule has 33 heavy (non-hydrogen) atoms. The van der Waals surface area contributed by atoms with Gasteiger partial charge < -0.3 is 9.80 Å². The minimum atomic E-state index is -2.68. The molecule has 1 saturated heterocycles. The van der Waals surface area contributed by atoms with Crippen molar-refractivity contribution < 1.29 is 19.5 Å². The van der Waals surface area contributed by atoms with E-state index in [1.807, 2.05) is 18.2 Å². The second kappa shape index (κ2) is 10.2. The molecule has 3 aromatic rings. The van der Waals surface area contributed by atoms with Crippen molar-refractivity contribution in [3.63, 3.8) is 0 Å². The van der Waals surface area contributed by atoms with Crippen LogP contribution in [0.2, 0.25) is 0 Å². The van der Waals surface area contributed by atoms with Gasteiger partial charge >= 0.3 is 0 Å². The number of benzene rings is 3. The molecule has 0 radical (unpaired) electrons. The average Bonchev–Trinajstić information content (AvgIpc) is 3.12. The number of halogens is 2. The normalized spacial score (nSPS) is 14.0. The van der Waals surface area contributed by atoms with Gasteiger partial charge in [0.25, 0.3) is 0 Å². The van der Waals surface area contributed by atoms with E-state index < -0.39 is 5.59 Å². The van der Waals surface area contributed by atoms with Gasteiger partial charge in [-0.15, -0.1) is 0 Å². The first kappa shape index (κ1) is 26.4. The van der Waals surface area contributed by atoms with Crippen LogP contribution in [0, 0.1) is 41.5 Å². The fraction of sp³-hybridized carbons (Fsp3) is 0.296. The number of hydrogen-bond acceptors (Lipinski definition) is 0. The molecular formula is C27H31Cl2N2PRu. The molecule has 1 fully saturated rings. The zero-order valence-corrected chi connectivity index (χ0v) is 24.2. The summed E-state index contributed by atoms with van der Waals surface area (Å²) in [6.07, 6.45) is 0. The van der Waals surface area contributed by atoms with Gasteiger partial charge in [-0.1, -0.05) is 88.2 Å². The van der Waals surface area contributed by atoms with Gasteiger partial charge in [-0.05, 0) is 63.8 Å². The maximum absolute atomic E-state index is 7.39. The third kappa shape index (κ3) is 4.94. The third-order valence-corrected chi connectivity index (χ3v) is 10.2. The summed E-state index contributed by atoms with van der Waals surface area (Å²) in [5, 5.41) is 0.986. The fourth-order valence-electron chi connectivity index (χ4n) is 5.20. The van der Waals surface area contributed by atoms with Crippen molar-refractivity contribution in [3.05, 3.63) is 88.0 Å². The molecule has 0 N–H and O–H groups in total. The summed E-state index contributed by atoms with van der Waals surface area (Å²) >= 11 is 14.8. The Balaban J connectivity index is 0.00000306. The standard InChI is InChI=1S/C27H31Cl2N2P.Ru/c1-18-14-20(3)25(21(4)15-18)30-12-13-31(26-22(5)16-19(2)17-23(26)6)27(30)32(28,29)24-10-8-7-9-11-24;/h7-11,14-17H,12-13H2,1-6H3;. The smallest absolute Gasteiger partial charge is 0.142 e. The predicted octanol–water partition coefficient (Wildman–Crippen LogP) is 7.60. The SMILES string of the molecule is Cc1cc(C)c(N2CCN(c3c(C)cc(C)cc3C)C2=P(Cl)(Cl)c2ccccc2)c(C)c1.[Ru]. The molecule has 0 atom stereocenters. The van der Waals surface area contributed by atoms with E-state index in [0.717, 1.165) is 23.9 Å². The Hall–Kier alpha value is -1.24. The third-order valence-electron chi connectivity index (χ3n) is 6.17. The maximum Gasteiger partial charge on any atom is 0.142 e. The Morgan fingerprint density at radius 3 is 1.36 bits per heavy atom. The molecule has 1 heterocycles. The Bertz CT molecular complexity index is 1120. The first-order valence-corrected chi connectivity index (χ1v) is 14.6. The van der Waals surface area contributed by atoms with Crippen LogP contribution in [-0.2, 0) is 19.5 Å². The fourth-order valence-corrected chi connectivity index (χ4v) is 8.75. The average molecular weight is 587 g/mol. The van der Waals surface area contributed by atoms with Crippen LogP contribution < -0.4 is 15.1 Å². The van der Waals surface area contributed by atoms with Crippen LogP contribution in [0.25, 0.3) is 0 Å². The molecule has 0 spiro atoms. The Labute approximate surface area is 221 Å². The number of nitrogens with zero attached hydrogens (tertiary/aromatic N) is 2. The molecule has 3 aromatic carbocycles. The minimum Gasteiger partial charge on any atom is -0.323 e. The van der Waals surface area contributed by atoms with Crippen molar-refractivity contribution in [3.8, 4) is 0 Å². The monoisotopic (exact) mass is 586 g/mol. The van der Waals surface area contributed by atoms with Gasteiger partial charge in [0.1, 0.15) is 11.1 Å². The van der Waals surface area contributed by atoms with E-state index >= 15 is 0 Å². The Morgan fingerprint density at radius 2 is 1.00 bits per heavy atom. The van der Waals surface area contributed by atoms with Gasteiger partial charge in [0.05, 0.1) is 0 Å². The Kier molecular flexibility index (Phi) is 8.13. The van der Waals surface area contributed by atoms with Crippen molar-refractivity contribution in [2.75, 3.05) is 22.9 Å². The van der Waals surface area contributed by atoms with Crippen molar-refractivity contribution in [1.82, 2.24) is 0 Å². The van der Waals surface area contributed by atoms with Gasteiger partial charge in [-0.2, -0.15) is 0 Å². The second-order valence-electron chi connectivity index (χ2n) is 8.95. The molecule has 1 aliphatic rings. The van der Waals surface area contributed by atoms with E-state index in [-0.39, 0.29) is 19.5 Å². The van der Waals surface area contributed by atoms with E-state index in [4.69, 9.17) is 22.5 Å². The molecule has 1 aliphatic heterocycles. The summed E-state index contributed by atoms with van der Waals surface area (Å²) in [6.45, 7) is 14.7. The van der Waals surface area contributed by atoms with E-state index in [1.165, 1.54) is 44.8 Å². The van der Waals surface area contributed by atoms with E-state index in [1.54, 1.807) is 0 Å². The summed E-state index contributed by atoms with van der Waals surface area (Å²) in [4.78, 5) is 4.76. The number of rotatable bonds is 3. The molecule has 176 valence electrons. The van der Waals surface area contributed by atoms with E-state index in [0.29, 0.717) is 0 Å².